The van der Waals surface area contributed by atoms with Gasteiger partial charge < -0.3 is 4.42 Å². The highest BCUT2D eigenvalue weighted by Crippen LogP contribution is 2.41. The van der Waals surface area contributed by atoms with Crippen molar-refractivity contribution in [3.63, 3.8) is 0 Å². The number of oxazole rings is 1. The lowest BCUT2D eigenvalue weighted by Gasteiger charge is -2.46. The van der Waals surface area contributed by atoms with Crippen LogP contribution >= 0.6 is 0 Å². The first kappa shape index (κ1) is 16.0. The topological polar surface area (TPSA) is 32.5 Å². The second kappa shape index (κ2) is 6.53. The molecule has 2 aromatic carbocycles. The van der Waals surface area contributed by atoms with Crippen molar-refractivity contribution in [2.45, 2.75) is 31.3 Å². The smallest absolute Gasteiger partial charge is 0.181 e. The summed E-state index contributed by atoms with van der Waals surface area (Å²) in [6.45, 7) is 3.44. The van der Waals surface area contributed by atoms with E-state index in [1.54, 1.807) is 0 Å². The molecular weight excluding hydrogens is 322 g/mol. The molecule has 2 unspecified atom stereocenters. The summed E-state index contributed by atoms with van der Waals surface area (Å²) < 4.78 is 5.42. The van der Waals surface area contributed by atoms with E-state index in [1.807, 2.05) is 0 Å². The molecule has 1 saturated heterocycles. The molecule has 2 aliphatic rings. The lowest BCUT2D eigenvalue weighted by atomic mass is 9.83. The fourth-order valence-electron chi connectivity index (χ4n) is 4.80. The third kappa shape index (κ3) is 2.65. The zero-order valence-electron chi connectivity index (χ0n) is 15.3. The van der Waals surface area contributed by atoms with Gasteiger partial charge in [-0.25, -0.2) is 4.98 Å². The molecule has 3 aromatic rings. The summed E-state index contributed by atoms with van der Waals surface area (Å²) in [5.74, 6) is 0.373. The monoisotopic (exact) mass is 347 g/mol. The van der Waals surface area contributed by atoms with Gasteiger partial charge in [0.05, 0.1) is 6.17 Å². The first-order chi connectivity index (χ1) is 12.8. The van der Waals surface area contributed by atoms with Gasteiger partial charge in [-0.1, -0.05) is 36.8 Å². The third-order valence-corrected chi connectivity index (χ3v) is 6.03. The van der Waals surface area contributed by atoms with Crippen molar-refractivity contribution in [2.75, 3.05) is 26.7 Å². The van der Waals surface area contributed by atoms with Crippen molar-refractivity contribution >= 4 is 11.1 Å². The SMILES string of the molecule is CN1CC(c2ccc3ocnc3c2)c2ccccc2C1N1CCCCC1. The van der Waals surface area contributed by atoms with Crippen LogP contribution in [0.5, 0.6) is 0 Å². The van der Waals surface area contributed by atoms with Crippen LogP contribution in [0.15, 0.2) is 53.3 Å². The van der Waals surface area contributed by atoms with E-state index in [9.17, 15) is 0 Å². The third-order valence-electron chi connectivity index (χ3n) is 6.03. The van der Waals surface area contributed by atoms with Crippen molar-refractivity contribution in [1.29, 1.82) is 0 Å². The summed E-state index contributed by atoms with van der Waals surface area (Å²) in [5.41, 5.74) is 6.05. The summed E-state index contributed by atoms with van der Waals surface area (Å²) in [6, 6.07) is 15.4. The highest BCUT2D eigenvalue weighted by atomic mass is 16.3. The second-order valence-corrected chi connectivity index (χ2v) is 7.67. The van der Waals surface area contributed by atoms with E-state index >= 15 is 0 Å². The van der Waals surface area contributed by atoms with E-state index in [-0.39, 0.29) is 0 Å². The molecule has 3 heterocycles. The molecule has 5 rings (SSSR count). The minimum atomic E-state index is 0.373. The fourth-order valence-corrected chi connectivity index (χ4v) is 4.80. The van der Waals surface area contributed by atoms with Gasteiger partial charge in [0.25, 0.3) is 0 Å². The Labute approximate surface area is 154 Å². The first-order valence-corrected chi connectivity index (χ1v) is 9.67. The number of aromatic nitrogens is 1. The zero-order valence-corrected chi connectivity index (χ0v) is 15.3. The maximum atomic E-state index is 5.42. The first-order valence-electron chi connectivity index (χ1n) is 9.67. The van der Waals surface area contributed by atoms with Gasteiger partial charge in [0.15, 0.2) is 12.0 Å². The van der Waals surface area contributed by atoms with E-state index in [0.29, 0.717) is 12.1 Å². The summed E-state index contributed by atoms with van der Waals surface area (Å²) in [6.07, 6.45) is 5.94. The predicted molar refractivity (Wildman–Crippen MR) is 103 cm³/mol. The predicted octanol–water partition coefficient (Wildman–Crippen LogP) is 4.39. The molecule has 0 spiro atoms. The molecule has 2 aliphatic heterocycles. The van der Waals surface area contributed by atoms with Crippen LogP contribution in [0.1, 0.15) is 48.0 Å². The molecule has 0 radical (unpaired) electrons. The van der Waals surface area contributed by atoms with Gasteiger partial charge in [0, 0.05) is 12.5 Å². The minimum absolute atomic E-state index is 0.373. The van der Waals surface area contributed by atoms with Gasteiger partial charge in [0.2, 0.25) is 0 Å². The number of hydrogen-bond donors (Lipinski definition) is 0. The number of piperidine rings is 1. The van der Waals surface area contributed by atoms with Crippen LogP contribution in [0.2, 0.25) is 0 Å². The Morgan fingerprint density at radius 3 is 2.65 bits per heavy atom. The van der Waals surface area contributed by atoms with Crippen molar-refractivity contribution in [3.8, 4) is 0 Å². The van der Waals surface area contributed by atoms with Gasteiger partial charge in [-0.15, -0.1) is 0 Å². The van der Waals surface area contributed by atoms with Crippen molar-refractivity contribution in [2.24, 2.45) is 0 Å². The van der Waals surface area contributed by atoms with E-state index in [1.165, 1.54) is 55.4 Å². The van der Waals surface area contributed by atoms with Crippen LogP contribution in [0, 0.1) is 0 Å². The van der Waals surface area contributed by atoms with Crippen molar-refractivity contribution in [1.82, 2.24) is 14.8 Å². The van der Waals surface area contributed by atoms with E-state index in [2.05, 4.69) is 64.3 Å². The van der Waals surface area contributed by atoms with Gasteiger partial charge >= 0.3 is 0 Å². The normalized spacial score (nSPS) is 24.7. The number of fused-ring (bicyclic) bond motifs is 2. The zero-order chi connectivity index (χ0) is 17.5. The highest BCUT2D eigenvalue weighted by Gasteiger charge is 2.35. The molecule has 0 amide bonds. The molecule has 0 bridgehead atoms. The van der Waals surface area contributed by atoms with Crippen LogP contribution in [0.4, 0.5) is 0 Å². The molecule has 2 atom stereocenters. The molecule has 1 fully saturated rings. The van der Waals surface area contributed by atoms with Crippen molar-refractivity contribution in [3.05, 3.63) is 65.5 Å². The molecule has 134 valence electrons. The lowest BCUT2D eigenvalue weighted by molar-refractivity contribution is 0.0338. The highest BCUT2D eigenvalue weighted by molar-refractivity contribution is 5.73. The maximum Gasteiger partial charge on any atom is 0.181 e. The molecular formula is C22H25N3O. The number of nitrogens with zero attached hydrogens (tertiary/aromatic N) is 3. The Morgan fingerprint density at radius 1 is 1.00 bits per heavy atom. The van der Waals surface area contributed by atoms with E-state index in [0.717, 1.165) is 17.6 Å². The Bertz CT molecular complexity index is 912. The van der Waals surface area contributed by atoms with Gasteiger partial charge in [0.1, 0.15) is 5.52 Å². The Kier molecular flexibility index (Phi) is 4.03. The Balaban J connectivity index is 1.56. The summed E-state index contributed by atoms with van der Waals surface area (Å²) >= 11 is 0. The number of likely N-dealkylation sites (N-methyl/N-ethyl adjacent to an activating group) is 1. The summed E-state index contributed by atoms with van der Waals surface area (Å²) in [4.78, 5) is 9.55. The second-order valence-electron chi connectivity index (χ2n) is 7.67. The number of hydrogen-bond acceptors (Lipinski definition) is 4. The number of benzene rings is 2. The van der Waals surface area contributed by atoms with Crippen LogP contribution in [0.3, 0.4) is 0 Å². The standard InChI is InChI=1S/C22H25N3O/c1-24-14-19(16-9-10-21-20(13-16)23-15-26-21)17-7-3-4-8-18(17)22(24)25-11-5-2-6-12-25/h3-4,7-10,13,15,19,22H,2,5-6,11-12,14H2,1H3. The minimum Gasteiger partial charge on any atom is -0.443 e. The molecule has 4 nitrogen and oxygen atoms in total. The van der Waals surface area contributed by atoms with Gasteiger partial charge in [-0.2, -0.15) is 0 Å². The van der Waals surface area contributed by atoms with Crippen LogP contribution in [-0.4, -0.2) is 41.5 Å². The lowest BCUT2D eigenvalue weighted by Crippen LogP contribution is -2.46. The quantitative estimate of drug-likeness (QED) is 0.688. The molecule has 0 aliphatic carbocycles. The van der Waals surface area contributed by atoms with Crippen LogP contribution < -0.4 is 0 Å². The summed E-state index contributed by atoms with van der Waals surface area (Å²) in [5, 5.41) is 0. The van der Waals surface area contributed by atoms with E-state index < -0.39 is 0 Å². The Morgan fingerprint density at radius 2 is 1.81 bits per heavy atom. The number of likely N-dealkylation sites (tertiary alicyclic amines) is 1. The van der Waals surface area contributed by atoms with E-state index in [4.69, 9.17) is 4.42 Å². The molecule has 4 heteroatoms. The van der Waals surface area contributed by atoms with Crippen molar-refractivity contribution < 1.29 is 4.42 Å². The Hall–Kier alpha value is -2.17. The molecule has 1 aromatic heterocycles. The average molecular weight is 347 g/mol. The van der Waals surface area contributed by atoms with Crippen LogP contribution in [-0.2, 0) is 0 Å². The summed E-state index contributed by atoms with van der Waals surface area (Å²) in [7, 11) is 2.27. The van der Waals surface area contributed by atoms with Gasteiger partial charge in [-0.05, 0) is 61.8 Å². The molecule has 0 N–H and O–H groups in total. The molecule has 0 saturated carbocycles. The largest absolute Gasteiger partial charge is 0.443 e. The fraction of sp³-hybridized carbons (Fsp3) is 0.409. The van der Waals surface area contributed by atoms with Gasteiger partial charge in [-0.3, -0.25) is 9.80 Å². The maximum absolute atomic E-state index is 5.42. The number of rotatable bonds is 2. The average Bonchev–Trinajstić information content (AvgIpc) is 3.16. The molecule has 26 heavy (non-hydrogen) atoms. The van der Waals surface area contributed by atoms with Crippen LogP contribution in [0.25, 0.3) is 11.1 Å².